The predicted molar refractivity (Wildman–Crippen MR) is 106 cm³/mol. The maximum absolute atomic E-state index is 11.3. The van der Waals surface area contributed by atoms with E-state index in [0.29, 0.717) is 18.0 Å². The third kappa shape index (κ3) is 4.16. The van der Waals surface area contributed by atoms with E-state index >= 15 is 0 Å². The smallest absolute Gasteiger partial charge is 0.344 e. The van der Waals surface area contributed by atoms with Crippen LogP contribution < -0.4 is 9.64 Å². The summed E-state index contributed by atoms with van der Waals surface area (Å²) >= 11 is 0. The molecule has 0 spiro atoms. The molecule has 1 atom stereocenters. The van der Waals surface area contributed by atoms with Crippen molar-refractivity contribution in [3.8, 4) is 5.75 Å². The molecule has 0 saturated heterocycles. The first-order chi connectivity index (χ1) is 13.0. The van der Waals surface area contributed by atoms with Crippen LogP contribution in [0.4, 0.5) is 11.5 Å². The molecular formula is C21H23N3O3. The topological polar surface area (TPSA) is 75.5 Å². The van der Waals surface area contributed by atoms with Crippen molar-refractivity contribution in [3.63, 3.8) is 0 Å². The summed E-state index contributed by atoms with van der Waals surface area (Å²) in [6, 6.07) is 15.3. The number of aromatic nitrogens is 2. The van der Waals surface area contributed by atoms with Crippen LogP contribution in [-0.4, -0.2) is 34.2 Å². The molecule has 0 aliphatic heterocycles. The van der Waals surface area contributed by atoms with Crippen LogP contribution in [-0.2, 0) is 4.79 Å². The molecule has 1 unspecified atom stereocenters. The van der Waals surface area contributed by atoms with E-state index in [1.807, 2.05) is 62.2 Å². The Morgan fingerprint density at radius 1 is 1.15 bits per heavy atom. The number of anilines is 2. The molecule has 1 aromatic heterocycles. The van der Waals surface area contributed by atoms with Gasteiger partial charge in [0, 0.05) is 18.1 Å². The van der Waals surface area contributed by atoms with Crippen LogP contribution in [0.3, 0.4) is 0 Å². The van der Waals surface area contributed by atoms with Gasteiger partial charge in [0.05, 0.1) is 5.52 Å². The molecule has 2 aromatic carbocycles. The van der Waals surface area contributed by atoms with Crippen molar-refractivity contribution in [2.45, 2.75) is 32.8 Å². The molecule has 0 radical (unpaired) electrons. The van der Waals surface area contributed by atoms with Gasteiger partial charge in [-0.05, 0) is 49.7 Å². The zero-order valence-electron chi connectivity index (χ0n) is 15.7. The van der Waals surface area contributed by atoms with E-state index in [9.17, 15) is 9.90 Å². The summed E-state index contributed by atoms with van der Waals surface area (Å²) in [6.07, 6.45) is 0.397. The number of carbonyl (C=O) groups is 1. The van der Waals surface area contributed by atoms with Crippen LogP contribution in [0.5, 0.6) is 5.75 Å². The minimum Gasteiger partial charge on any atom is -0.479 e. The molecule has 1 heterocycles. The minimum atomic E-state index is -0.944. The van der Waals surface area contributed by atoms with Gasteiger partial charge in [-0.3, -0.25) is 0 Å². The Kier molecular flexibility index (Phi) is 5.54. The zero-order valence-corrected chi connectivity index (χ0v) is 15.7. The maximum Gasteiger partial charge on any atom is 0.344 e. The first-order valence-electron chi connectivity index (χ1n) is 8.96. The van der Waals surface area contributed by atoms with Gasteiger partial charge in [-0.2, -0.15) is 0 Å². The molecule has 6 nitrogen and oxygen atoms in total. The van der Waals surface area contributed by atoms with E-state index in [4.69, 9.17) is 4.74 Å². The fourth-order valence-electron chi connectivity index (χ4n) is 2.96. The van der Waals surface area contributed by atoms with Crippen molar-refractivity contribution in [2.75, 3.05) is 11.9 Å². The quantitative estimate of drug-likeness (QED) is 0.671. The second-order valence-electron chi connectivity index (χ2n) is 6.40. The Bertz CT molecular complexity index is 941. The van der Waals surface area contributed by atoms with Crippen LogP contribution in [0.2, 0.25) is 0 Å². The highest BCUT2D eigenvalue weighted by Crippen LogP contribution is 2.30. The Morgan fingerprint density at radius 2 is 1.85 bits per heavy atom. The highest BCUT2D eigenvalue weighted by molar-refractivity contribution is 5.91. The van der Waals surface area contributed by atoms with Gasteiger partial charge < -0.3 is 14.7 Å². The molecule has 0 fully saturated rings. The third-order valence-corrected chi connectivity index (χ3v) is 4.34. The van der Waals surface area contributed by atoms with Crippen LogP contribution in [0.25, 0.3) is 10.9 Å². The van der Waals surface area contributed by atoms with Crippen molar-refractivity contribution in [3.05, 3.63) is 54.4 Å². The minimum absolute atomic E-state index is 0.475. The van der Waals surface area contributed by atoms with E-state index in [-0.39, 0.29) is 0 Å². The van der Waals surface area contributed by atoms with Gasteiger partial charge in [0.2, 0.25) is 0 Å². The van der Waals surface area contributed by atoms with Gasteiger partial charge in [-0.25, -0.2) is 14.8 Å². The van der Waals surface area contributed by atoms with E-state index in [1.54, 1.807) is 12.1 Å². The monoisotopic (exact) mass is 365 g/mol. The van der Waals surface area contributed by atoms with Crippen molar-refractivity contribution in [1.82, 2.24) is 9.97 Å². The summed E-state index contributed by atoms with van der Waals surface area (Å²) in [5, 5.41) is 10.2. The zero-order chi connectivity index (χ0) is 19.4. The predicted octanol–water partition coefficient (Wildman–Crippen LogP) is 4.34. The number of carboxylic acid groups (broad SMARTS) is 1. The standard InChI is InChI=1S/C21H23N3O3/c1-4-7-19(21(25)26)27-16-12-10-15(11-13-16)24(3)20-17-8-5-6-9-18(17)22-14(2)23-20/h5-6,8-13,19H,4,7H2,1-3H3,(H,25,26). The highest BCUT2D eigenvalue weighted by atomic mass is 16.5. The van der Waals surface area contributed by atoms with Crippen molar-refractivity contribution < 1.29 is 14.6 Å². The molecule has 1 N–H and O–H groups in total. The Morgan fingerprint density at radius 3 is 2.52 bits per heavy atom. The number of benzene rings is 2. The lowest BCUT2D eigenvalue weighted by atomic mass is 10.2. The largest absolute Gasteiger partial charge is 0.479 e. The number of para-hydroxylation sites is 1. The molecule has 0 bridgehead atoms. The Labute approximate surface area is 158 Å². The number of nitrogens with zero attached hydrogens (tertiary/aromatic N) is 3. The lowest BCUT2D eigenvalue weighted by Crippen LogP contribution is -2.26. The van der Waals surface area contributed by atoms with Gasteiger partial charge in [-0.15, -0.1) is 0 Å². The average Bonchev–Trinajstić information content (AvgIpc) is 2.67. The van der Waals surface area contributed by atoms with Crippen molar-refractivity contribution >= 4 is 28.4 Å². The number of rotatable bonds is 7. The van der Waals surface area contributed by atoms with Gasteiger partial charge >= 0.3 is 5.97 Å². The summed E-state index contributed by atoms with van der Waals surface area (Å²) in [4.78, 5) is 22.3. The third-order valence-electron chi connectivity index (χ3n) is 4.34. The van der Waals surface area contributed by atoms with Crippen LogP contribution >= 0.6 is 0 Å². The SMILES string of the molecule is CCCC(Oc1ccc(N(C)c2nc(C)nc3ccccc23)cc1)C(=O)O. The molecule has 27 heavy (non-hydrogen) atoms. The summed E-state index contributed by atoms with van der Waals surface area (Å²) < 4.78 is 5.60. The second kappa shape index (κ2) is 8.03. The first-order valence-corrected chi connectivity index (χ1v) is 8.96. The number of hydrogen-bond acceptors (Lipinski definition) is 5. The second-order valence-corrected chi connectivity index (χ2v) is 6.40. The number of fused-ring (bicyclic) bond motifs is 1. The Balaban J connectivity index is 1.86. The average molecular weight is 365 g/mol. The van der Waals surface area contributed by atoms with E-state index in [0.717, 1.165) is 28.8 Å². The molecule has 0 amide bonds. The lowest BCUT2D eigenvalue weighted by Gasteiger charge is -2.21. The summed E-state index contributed by atoms with van der Waals surface area (Å²) in [6.45, 7) is 3.81. The summed E-state index contributed by atoms with van der Waals surface area (Å²) in [7, 11) is 1.95. The highest BCUT2D eigenvalue weighted by Gasteiger charge is 2.18. The number of hydrogen-bond donors (Lipinski definition) is 1. The molecule has 3 rings (SSSR count). The fraction of sp³-hybridized carbons (Fsp3) is 0.286. The van der Waals surface area contributed by atoms with Gasteiger partial charge in [-0.1, -0.05) is 25.5 Å². The first kappa shape index (κ1) is 18.6. The summed E-state index contributed by atoms with van der Waals surface area (Å²) in [5.74, 6) is 1.12. The molecule has 0 saturated carbocycles. The van der Waals surface area contributed by atoms with Gasteiger partial charge in [0.15, 0.2) is 6.10 Å². The van der Waals surface area contributed by atoms with Crippen LogP contribution in [0.1, 0.15) is 25.6 Å². The number of ether oxygens (including phenoxy) is 1. The lowest BCUT2D eigenvalue weighted by molar-refractivity contribution is -0.145. The van der Waals surface area contributed by atoms with E-state index in [2.05, 4.69) is 9.97 Å². The number of carboxylic acids is 1. The molecule has 6 heteroatoms. The number of aryl methyl sites for hydroxylation is 1. The van der Waals surface area contributed by atoms with Crippen molar-refractivity contribution in [2.24, 2.45) is 0 Å². The maximum atomic E-state index is 11.3. The molecule has 0 aliphatic rings. The van der Waals surface area contributed by atoms with E-state index in [1.165, 1.54) is 0 Å². The molecule has 3 aromatic rings. The molecular weight excluding hydrogens is 342 g/mol. The van der Waals surface area contributed by atoms with Gasteiger partial charge in [0.1, 0.15) is 17.4 Å². The summed E-state index contributed by atoms with van der Waals surface area (Å²) in [5.41, 5.74) is 1.82. The van der Waals surface area contributed by atoms with E-state index < -0.39 is 12.1 Å². The van der Waals surface area contributed by atoms with Crippen LogP contribution in [0.15, 0.2) is 48.5 Å². The number of aliphatic carboxylic acids is 1. The normalized spacial score (nSPS) is 12.0. The van der Waals surface area contributed by atoms with Gasteiger partial charge in [0.25, 0.3) is 0 Å². The van der Waals surface area contributed by atoms with Crippen LogP contribution in [0, 0.1) is 6.92 Å². The fourth-order valence-corrected chi connectivity index (χ4v) is 2.96. The molecule has 140 valence electrons. The van der Waals surface area contributed by atoms with Crippen molar-refractivity contribution in [1.29, 1.82) is 0 Å². The molecule has 0 aliphatic carbocycles. The Hall–Kier alpha value is -3.15.